The lowest BCUT2D eigenvalue weighted by molar-refractivity contribution is -0.129. The van der Waals surface area contributed by atoms with E-state index in [1.165, 1.54) is 4.90 Å². The van der Waals surface area contributed by atoms with Gasteiger partial charge in [-0.1, -0.05) is 6.92 Å². The van der Waals surface area contributed by atoms with Crippen molar-refractivity contribution < 1.29 is 9.59 Å². The highest BCUT2D eigenvalue weighted by Gasteiger charge is 2.24. The first kappa shape index (κ1) is 14.0. The van der Waals surface area contributed by atoms with Gasteiger partial charge in [0.15, 0.2) is 0 Å². The number of piperidine rings is 1. The van der Waals surface area contributed by atoms with Crippen molar-refractivity contribution in [2.24, 2.45) is 11.8 Å². The van der Waals surface area contributed by atoms with Crippen LogP contribution in [-0.2, 0) is 9.59 Å². The summed E-state index contributed by atoms with van der Waals surface area (Å²) < 4.78 is 0. The van der Waals surface area contributed by atoms with E-state index in [4.69, 9.17) is 0 Å². The highest BCUT2D eigenvalue weighted by atomic mass is 16.2. The van der Waals surface area contributed by atoms with Gasteiger partial charge >= 0.3 is 0 Å². The van der Waals surface area contributed by atoms with Gasteiger partial charge in [0.05, 0.1) is 5.92 Å². The zero-order valence-corrected chi connectivity index (χ0v) is 11.0. The summed E-state index contributed by atoms with van der Waals surface area (Å²) in [5.41, 5.74) is 0. The summed E-state index contributed by atoms with van der Waals surface area (Å²) in [5, 5.41) is 6.08. The van der Waals surface area contributed by atoms with Crippen LogP contribution in [0, 0.1) is 11.8 Å². The summed E-state index contributed by atoms with van der Waals surface area (Å²) in [6.45, 7) is 4.31. The van der Waals surface area contributed by atoms with Gasteiger partial charge in [-0.2, -0.15) is 0 Å². The topological polar surface area (TPSA) is 61.4 Å². The van der Waals surface area contributed by atoms with Crippen LogP contribution >= 0.6 is 0 Å². The largest absolute Gasteiger partial charge is 0.355 e. The molecule has 0 aromatic rings. The normalized spacial score (nSPS) is 24.2. The summed E-state index contributed by atoms with van der Waals surface area (Å²) in [6.07, 6.45) is 1.30. The lowest BCUT2D eigenvalue weighted by Crippen LogP contribution is -2.44. The van der Waals surface area contributed by atoms with Gasteiger partial charge in [0.2, 0.25) is 11.8 Å². The third kappa shape index (κ3) is 4.73. The van der Waals surface area contributed by atoms with Gasteiger partial charge in [-0.15, -0.1) is 0 Å². The smallest absolute Gasteiger partial charge is 0.224 e. The van der Waals surface area contributed by atoms with E-state index in [9.17, 15) is 9.59 Å². The third-order valence-corrected chi connectivity index (χ3v) is 3.08. The fourth-order valence-electron chi connectivity index (χ4n) is 2.02. The molecule has 2 amide bonds. The number of nitrogens with zero attached hydrogens (tertiary/aromatic N) is 1. The second-order valence-electron chi connectivity index (χ2n) is 5.03. The predicted molar refractivity (Wildman–Crippen MR) is 66.5 cm³/mol. The Labute approximate surface area is 103 Å². The van der Waals surface area contributed by atoms with Gasteiger partial charge < -0.3 is 15.5 Å². The molecule has 0 aromatic carbocycles. The maximum Gasteiger partial charge on any atom is 0.224 e. The van der Waals surface area contributed by atoms with Gasteiger partial charge in [0, 0.05) is 33.6 Å². The Bertz CT molecular complexity index is 279. The van der Waals surface area contributed by atoms with Crippen LogP contribution in [0.1, 0.15) is 19.8 Å². The molecule has 0 aromatic heterocycles. The van der Waals surface area contributed by atoms with Crippen LogP contribution in [0.5, 0.6) is 0 Å². The quantitative estimate of drug-likeness (QED) is 0.718. The number of carbonyl (C=O) groups is 2. The molecule has 2 unspecified atom stereocenters. The Morgan fingerprint density at radius 1 is 1.35 bits per heavy atom. The lowest BCUT2D eigenvalue weighted by atomic mass is 9.91. The second-order valence-corrected chi connectivity index (χ2v) is 5.03. The number of hydrogen-bond donors (Lipinski definition) is 2. The van der Waals surface area contributed by atoms with Crippen molar-refractivity contribution in [3.8, 4) is 0 Å². The summed E-state index contributed by atoms with van der Waals surface area (Å²) in [6, 6.07) is 0. The number of rotatable bonds is 4. The molecule has 1 aliphatic rings. The van der Waals surface area contributed by atoms with Crippen molar-refractivity contribution in [2.45, 2.75) is 19.8 Å². The van der Waals surface area contributed by atoms with Crippen molar-refractivity contribution >= 4 is 11.8 Å². The standard InChI is InChI=1S/C12H23N3O2/c1-9-6-10(8-13-7-9)12(17)14-5-4-11(16)15(2)3/h9-10,13H,4-8H2,1-3H3,(H,14,17). The fourth-order valence-corrected chi connectivity index (χ4v) is 2.02. The van der Waals surface area contributed by atoms with E-state index in [1.807, 2.05) is 0 Å². The molecular formula is C12H23N3O2. The maximum atomic E-state index is 11.8. The Morgan fingerprint density at radius 3 is 2.65 bits per heavy atom. The van der Waals surface area contributed by atoms with E-state index >= 15 is 0 Å². The van der Waals surface area contributed by atoms with Crippen molar-refractivity contribution in [3.05, 3.63) is 0 Å². The first-order chi connectivity index (χ1) is 8.00. The molecule has 17 heavy (non-hydrogen) atoms. The molecule has 5 heteroatoms. The summed E-state index contributed by atoms with van der Waals surface area (Å²) in [5.74, 6) is 0.701. The first-order valence-electron chi connectivity index (χ1n) is 6.19. The molecule has 2 N–H and O–H groups in total. The van der Waals surface area contributed by atoms with Crippen LogP contribution in [-0.4, -0.2) is 50.4 Å². The van der Waals surface area contributed by atoms with Crippen LogP contribution in [0.2, 0.25) is 0 Å². The molecule has 1 rings (SSSR count). The number of nitrogens with one attached hydrogen (secondary N) is 2. The molecule has 0 aliphatic carbocycles. The van der Waals surface area contributed by atoms with Gasteiger partial charge in [0.25, 0.3) is 0 Å². The average Bonchev–Trinajstić information content (AvgIpc) is 2.28. The Balaban J connectivity index is 2.22. The SMILES string of the molecule is CC1CNCC(C(=O)NCCC(=O)N(C)C)C1. The summed E-state index contributed by atoms with van der Waals surface area (Å²) in [4.78, 5) is 24.7. The molecule has 1 aliphatic heterocycles. The Kier molecular flexibility index (Phi) is 5.41. The molecule has 2 atom stereocenters. The molecule has 0 bridgehead atoms. The van der Waals surface area contributed by atoms with E-state index < -0.39 is 0 Å². The minimum Gasteiger partial charge on any atom is -0.355 e. The van der Waals surface area contributed by atoms with Crippen LogP contribution in [0.4, 0.5) is 0 Å². The average molecular weight is 241 g/mol. The van der Waals surface area contributed by atoms with Crippen molar-refractivity contribution in [2.75, 3.05) is 33.7 Å². The van der Waals surface area contributed by atoms with E-state index in [1.54, 1.807) is 14.1 Å². The number of amides is 2. The summed E-state index contributed by atoms with van der Waals surface area (Å²) >= 11 is 0. The monoisotopic (exact) mass is 241 g/mol. The fraction of sp³-hybridized carbons (Fsp3) is 0.833. The number of carbonyl (C=O) groups excluding carboxylic acids is 2. The van der Waals surface area contributed by atoms with Crippen LogP contribution < -0.4 is 10.6 Å². The van der Waals surface area contributed by atoms with Gasteiger partial charge in [-0.3, -0.25) is 9.59 Å². The van der Waals surface area contributed by atoms with Crippen molar-refractivity contribution in [1.29, 1.82) is 0 Å². The second kappa shape index (κ2) is 6.59. The molecular weight excluding hydrogens is 218 g/mol. The van der Waals surface area contributed by atoms with Crippen LogP contribution in [0.25, 0.3) is 0 Å². The molecule has 0 spiro atoms. The number of hydrogen-bond acceptors (Lipinski definition) is 3. The van der Waals surface area contributed by atoms with Crippen LogP contribution in [0.3, 0.4) is 0 Å². The zero-order chi connectivity index (χ0) is 12.8. The van der Waals surface area contributed by atoms with Crippen molar-refractivity contribution in [3.63, 3.8) is 0 Å². The highest BCUT2D eigenvalue weighted by Crippen LogP contribution is 2.15. The summed E-state index contributed by atoms with van der Waals surface area (Å²) in [7, 11) is 3.44. The Morgan fingerprint density at radius 2 is 2.06 bits per heavy atom. The van der Waals surface area contributed by atoms with E-state index in [-0.39, 0.29) is 17.7 Å². The van der Waals surface area contributed by atoms with Crippen LogP contribution in [0.15, 0.2) is 0 Å². The van der Waals surface area contributed by atoms with Gasteiger partial charge in [-0.05, 0) is 18.9 Å². The van der Waals surface area contributed by atoms with E-state index in [0.29, 0.717) is 18.9 Å². The van der Waals surface area contributed by atoms with Crippen molar-refractivity contribution in [1.82, 2.24) is 15.5 Å². The molecule has 0 radical (unpaired) electrons. The molecule has 1 saturated heterocycles. The Hall–Kier alpha value is -1.10. The molecule has 98 valence electrons. The van der Waals surface area contributed by atoms with Gasteiger partial charge in [0.1, 0.15) is 0 Å². The predicted octanol–water partition coefficient (Wildman–Crippen LogP) is -0.173. The highest BCUT2D eigenvalue weighted by molar-refractivity contribution is 5.80. The minimum absolute atomic E-state index is 0.0421. The van der Waals surface area contributed by atoms with E-state index in [2.05, 4.69) is 17.6 Å². The molecule has 1 heterocycles. The third-order valence-electron chi connectivity index (χ3n) is 3.08. The maximum absolute atomic E-state index is 11.8. The van der Waals surface area contributed by atoms with E-state index in [0.717, 1.165) is 19.5 Å². The molecule has 0 saturated carbocycles. The van der Waals surface area contributed by atoms with Gasteiger partial charge in [-0.25, -0.2) is 0 Å². The molecule has 1 fully saturated rings. The zero-order valence-electron chi connectivity index (χ0n) is 11.0. The minimum atomic E-state index is 0.0421. The molecule has 5 nitrogen and oxygen atoms in total. The first-order valence-corrected chi connectivity index (χ1v) is 6.19. The lowest BCUT2D eigenvalue weighted by Gasteiger charge is -2.26.